The van der Waals surface area contributed by atoms with Gasteiger partial charge < -0.3 is 10.1 Å². The lowest BCUT2D eigenvalue weighted by atomic mass is 10.2. The minimum Gasteiger partial charge on any atom is -0.447 e. The van der Waals surface area contributed by atoms with Gasteiger partial charge in [-0.25, -0.2) is 4.79 Å². The third kappa shape index (κ3) is 6.67. The molecule has 0 radical (unpaired) electrons. The number of carbonyl (C=O) groups is 1. The number of amides is 1. The van der Waals surface area contributed by atoms with Crippen molar-refractivity contribution in [2.45, 2.75) is 32.4 Å². The zero-order valence-electron chi connectivity index (χ0n) is 8.87. The number of hydrogen-bond donors (Lipinski definition) is 1. The summed E-state index contributed by atoms with van der Waals surface area (Å²) in [5.74, 6) is 3.44. The van der Waals surface area contributed by atoms with Crippen molar-refractivity contribution in [1.82, 2.24) is 5.32 Å². The van der Waals surface area contributed by atoms with Crippen LogP contribution in [0.25, 0.3) is 0 Å². The van der Waals surface area contributed by atoms with Crippen LogP contribution in [0.15, 0.2) is 0 Å². The third-order valence-electron chi connectivity index (χ3n) is 1.45. The molecule has 0 aliphatic carbocycles. The molecule has 0 aromatic heterocycles. The molecule has 0 saturated carbocycles. The van der Waals surface area contributed by atoms with Crippen LogP contribution in [-0.4, -0.2) is 30.2 Å². The first-order chi connectivity index (χ1) is 6.60. The molecule has 0 bridgehead atoms. The van der Waals surface area contributed by atoms with Crippen molar-refractivity contribution >= 4 is 17.9 Å². The van der Waals surface area contributed by atoms with E-state index in [9.17, 15) is 4.79 Å². The van der Waals surface area contributed by atoms with E-state index < -0.39 is 6.09 Å². The topological polar surface area (TPSA) is 38.3 Å². The molecule has 4 heteroatoms. The van der Waals surface area contributed by atoms with Gasteiger partial charge in [-0.2, -0.15) is 11.8 Å². The molecule has 0 spiro atoms. The van der Waals surface area contributed by atoms with E-state index in [1.807, 2.05) is 6.26 Å². The zero-order chi connectivity index (χ0) is 11.0. The van der Waals surface area contributed by atoms with Crippen molar-refractivity contribution in [2.75, 3.05) is 12.0 Å². The molecule has 0 rings (SSSR count). The lowest BCUT2D eigenvalue weighted by molar-refractivity contribution is 0.114. The van der Waals surface area contributed by atoms with Gasteiger partial charge in [0, 0.05) is 0 Å². The van der Waals surface area contributed by atoms with Gasteiger partial charge in [-0.05, 0) is 32.3 Å². The van der Waals surface area contributed by atoms with Crippen LogP contribution >= 0.6 is 11.8 Å². The Morgan fingerprint density at radius 1 is 1.64 bits per heavy atom. The van der Waals surface area contributed by atoms with Crippen molar-refractivity contribution in [1.29, 1.82) is 0 Å². The summed E-state index contributed by atoms with van der Waals surface area (Å²) in [5, 5.41) is 2.62. The molecule has 1 atom stereocenters. The third-order valence-corrected chi connectivity index (χ3v) is 2.09. The molecule has 0 aromatic carbocycles. The Labute approximate surface area is 90.0 Å². The normalized spacial score (nSPS) is 11.9. The minimum atomic E-state index is -0.441. The lowest BCUT2D eigenvalue weighted by Gasteiger charge is -2.14. The molecule has 0 aliphatic rings. The standard InChI is InChI=1S/C10H17NO2S/c1-5-9(6-7-14-4)11-10(12)13-8(2)3/h1,8-9H,6-7H2,2-4H3,(H,11,12). The molecule has 0 aliphatic heterocycles. The van der Waals surface area contributed by atoms with Gasteiger partial charge in [0.05, 0.1) is 12.1 Å². The molecule has 3 nitrogen and oxygen atoms in total. The highest BCUT2D eigenvalue weighted by Crippen LogP contribution is 2.00. The van der Waals surface area contributed by atoms with E-state index in [4.69, 9.17) is 11.2 Å². The van der Waals surface area contributed by atoms with Crippen LogP contribution in [0.1, 0.15) is 20.3 Å². The summed E-state index contributed by atoms with van der Waals surface area (Å²) >= 11 is 1.70. The van der Waals surface area contributed by atoms with Crippen LogP contribution in [0.3, 0.4) is 0 Å². The van der Waals surface area contributed by atoms with Gasteiger partial charge in [0.25, 0.3) is 0 Å². The average molecular weight is 215 g/mol. The second-order valence-corrected chi connectivity index (χ2v) is 4.08. The Morgan fingerprint density at radius 2 is 2.29 bits per heavy atom. The van der Waals surface area contributed by atoms with E-state index in [1.165, 1.54) is 0 Å². The van der Waals surface area contributed by atoms with E-state index in [0.29, 0.717) is 0 Å². The first-order valence-corrected chi connectivity index (χ1v) is 5.91. The van der Waals surface area contributed by atoms with Crippen LogP contribution in [0.2, 0.25) is 0 Å². The van der Waals surface area contributed by atoms with E-state index in [-0.39, 0.29) is 12.1 Å². The quantitative estimate of drug-likeness (QED) is 0.712. The van der Waals surface area contributed by atoms with Gasteiger partial charge >= 0.3 is 6.09 Å². The number of ether oxygens (including phenoxy) is 1. The SMILES string of the molecule is C#CC(CCSC)NC(=O)OC(C)C. The maximum absolute atomic E-state index is 11.2. The van der Waals surface area contributed by atoms with Crippen molar-refractivity contribution in [2.24, 2.45) is 0 Å². The number of hydrogen-bond acceptors (Lipinski definition) is 3. The van der Waals surface area contributed by atoms with Crippen LogP contribution in [0, 0.1) is 12.3 Å². The fourth-order valence-electron chi connectivity index (χ4n) is 0.823. The Kier molecular flexibility index (Phi) is 7.13. The average Bonchev–Trinajstić information content (AvgIpc) is 2.10. The van der Waals surface area contributed by atoms with Crippen molar-refractivity contribution in [3.8, 4) is 12.3 Å². The molecule has 1 N–H and O–H groups in total. The van der Waals surface area contributed by atoms with Crippen LogP contribution in [0.4, 0.5) is 4.79 Å². The van der Waals surface area contributed by atoms with Gasteiger partial charge in [-0.15, -0.1) is 6.42 Å². The number of rotatable bonds is 5. The summed E-state index contributed by atoms with van der Waals surface area (Å²) in [6.07, 6.45) is 7.47. The Morgan fingerprint density at radius 3 is 2.71 bits per heavy atom. The summed E-state index contributed by atoms with van der Waals surface area (Å²) in [4.78, 5) is 11.2. The van der Waals surface area contributed by atoms with Crippen molar-refractivity contribution < 1.29 is 9.53 Å². The van der Waals surface area contributed by atoms with Crippen LogP contribution in [0.5, 0.6) is 0 Å². The summed E-state index contributed by atoms with van der Waals surface area (Å²) < 4.78 is 4.91. The predicted octanol–water partition coefficient (Wildman–Crippen LogP) is 1.88. The molecular formula is C10H17NO2S. The Balaban J connectivity index is 3.82. The fourth-order valence-corrected chi connectivity index (χ4v) is 1.29. The van der Waals surface area contributed by atoms with Gasteiger partial charge in [0.2, 0.25) is 0 Å². The number of thioether (sulfide) groups is 1. The predicted molar refractivity (Wildman–Crippen MR) is 60.4 cm³/mol. The molecule has 0 fully saturated rings. The van der Waals surface area contributed by atoms with Crippen molar-refractivity contribution in [3.05, 3.63) is 0 Å². The van der Waals surface area contributed by atoms with E-state index >= 15 is 0 Å². The summed E-state index contributed by atoms with van der Waals surface area (Å²) in [6.45, 7) is 3.60. The van der Waals surface area contributed by atoms with E-state index in [0.717, 1.165) is 12.2 Å². The maximum atomic E-state index is 11.2. The highest BCUT2D eigenvalue weighted by atomic mass is 32.2. The number of terminal acetylenes is 1. The second-order valence-electron chi connectivity index (χ2n) is 3.10. The van der Waals surface area contributed by atoms with E-state index in [1.54, 1.807) is 25.6 Å². The van der Waals surface area contributed by atoms with Crippen LogP contribution in [-0.2, 0) is 4.74 Å². The molecule has 0 heterocycles. The maximum Gasteiger partial charge on any atom is 0.408 e. The molecule has 1 amide bonds. The number of nitrogens with one attached hydrogen (secondary N) is 1. The first kappa shape index (κ1) is 13.2. The van der Waals surface area contributed by atoms with Gasteiger partial charge in [0.1, 0.15) is 0 Å². The highest BCUT2D eigenvalue weighted by Gasteiger charge is 2.10. The summed E-state index contributed by atoms with van der Waals surface area (Å²) in [6, 6.07) is -0.228. The Hall–Kier alpha value is -0.820. The molecule has 80 valence electrons. The summed E-state index contributed by atoms with van der Waals surface area (Å²) in [5.41, 5.74) is 0. The van der Waals surface area contributed by atoms with Crippen LogP contribution < -0.4 is 5.32 Å². The largest absolute Gasteiger partial charge is 0.447 e. The zero-order valence-corrected chi connectivity index (χ0v) is 9.69. The van der Waals surface area contributed by atoms with Crippen molar-refractivity contribution in [3.63, 3.8) is 0 Å². The molecular weight excluding hydrogens is 198 g/mol. The number of carbonyl (C=O) groups excluding carboxylic acids is 1. The van der Waals surface area contributed by atoms with Gasteiger partial charge in [-0.1, -0.05) is 5.92 Å². The van der Waals surface area contributed by atoms with Gasteiger partial charge in [-0.3, -0.25) is 0 Å². The first-order valence-electron chi connectivity index (χ1n) is 4.52. The Bertz CT molecular complexity index is 211. The minimum absolute atomic E-state index is 0.117. The lowest BCUT2D eigenvalue weighted by Crippen LogP contribution is -2.35. The second kappa shape index (κ2) is 7.57. The van der Waals surface area contributed by atoms with E-state index in [2.05, 4.69) is 11.2 Å². The molecule has 0 aromatic rings. The molecule has 1 unspecified atom stereocenters. The number of alkyl carbamates (subject to hydrolysis) is 1. The highest BCUT2D eigenvalue weighted by molar-refractivity contribution is 7.98. The van der Waals surface area contributed by atoms with Gasteiger partial charge in [0.15, 0.2) is 0 Å². The monoisotopic (exact) mass is 215 g/mol. The summed E-state index contributed by atoms with van der Waals surface area (Å²) in [7, 11) is 0. The molecule has 0 saturated heterocycles. The smallest absolute Gasteiger partial charge is 0.408 e. The molecule has 14 heavy (non-hydrogen) atoms. The fraction of sp³-hybridized carbons (Fsp3) is 0.700.